The Labute approximate surface area is 83.5 Å². The Morgan fingerprint density at radius 3 is 1.93 bits per heavy atom. The van der Waals surface area contributed by atoms with Gasteiger partial charge in [0.1, 0.15) is 6.10 Å². The van der Waals surface area contributed by atoms with Gasteiger partial charge in [0, 0.05) is 13.7 Å². The van der Waals surface area contributed by atoms with E-state index in [9.17, 15) is 8.78 Å². The van der Waals surface area contributed by atoms with Crippen molar-refractivity contribution in [1.29, 1.82) is 0 Å². The minimum absolute atomic E-state index is 0.205. The fourth-order valence-electron chi connectivity index (χ4n) is 0.322. The first-order valence-corrected chi connectivity index (χ1v) is 4.02. The van der Waals surface area contributed by atoms with Crippen LogP contribution in [0.15, 0.2) is 0 Å². The summed E-state index contributed by atoms with van der Waals surface area (Å²) in [5.41, 5.74) is 0. The van der Waals surface area contributed by atoms with Crippen LogP contribution in [0, 0.1) is 0 Å². The molecule has 0 amide bonds. The van der Waals surface area contributed by atoms with E-state index in [1.807, 2.05) is 0 Å². The van der Waals surface area contributed by atoms with Crippen molar-refractivity contribution < 1.29 is 28.5 Å². The van der Waals surface area contributed by atoms with Crippen LogP contribution in [-0.2, 0) is 9.47 Å². The molecule has 90 valence electrons. The molecule has 2 N–H and O–H groups in total. The highest BCUT2D eigenvalue weighted by atomic mass is 19.1. The molecule has 6 heteroatoms. The molecule has 0 saturated carbocycles. The molecule has 14 heavy (non-hydrogen) atoms. The molecule has 0 fully saturated rings. The molecule has 0 aromatic rings. The number of methoxy groups -OCH3 is 1. The second-order valence-electron chi connectivity index (χ2n) is 1.89. The van der Waals surface area contributed by atoms with Crippen molar-refractivity contribution >= 4 is 0 Å². The summed E-state index contributed by atoms with van der Waals surface area (Å²) >= 11 is 0. The number of halogens is 2. The SMILES string of the molecule is CCOCF.CF.COCC(O)CO. The Balaban J connectivity index is -0.000000152. The molecule has 0 aliphatic rings. The monoisotopic (exact) mass is 218 g/mol. The standard InChI is InChI=1S/C4H10O3.C3H7FO.CH3F/c1-7-3-4(6)2-5;1-2-5-3-4;1-2/h4-6H,2-3H2,1H3;2-3H2,1H3;1H3. The van der Waals surface area contributed by atoms with Crippen molar-refractivity contribution in [2.75, 3.05) is 41.0 Å². The molecule has 0 aliphatic carbocycles. The van der Waals surface area contributed by atoms with Crippen LogP contribution in [-0.4, -0.2) is 57.3 Å². The number of ether oxygens (including phenoxy) is 2. The molecule has 0 rings (SSSR count). The number of alkyl halides is 2. The van der Waals surface area contributed by atoms with Gasteiger partial charge in [0.25, 0.3) is 0 Å². The van der Waals surface area contributed by atoms with Crippen molar-refractivity contribution in [3.63, 3.8) is 0 Å². The molecule has 0 spiro atoms. The minimum atomic E-state index is -0.718. The number of hydrogen-bond acceptors (Lipinski definition) is 4. The molecule has 4 nitrogen and oxygen atoms in total. The Morgan fingerprint density at radius 2 is 1.86 bits per heavy atom. The van der Waals surface area contributed by atoms with Gasteiger partial charge in [-0.25, -0.2) is 4.39 Å². The molecular formula is C8H20F2O4. The van der Waals surface area contributed by atoms with Gasteiger partial charge in [-0.2, -0.15) is 0 Å². The van der Waals surface area contributed by atoms with E-state index in [0.717, 1.165) is 0 Å². The predicted molar refractivity (Wildman–Crippen MR) is 49.6 cm³/mol. The van der Waals surface area contributed by atoms with E-state index in [1.165, 1.54) is 7.11 Å². The number of aliphatic hydroxyl groups is 2. The molecule has 0 heterocycles. The first-order valence-electron chi connectivity index (χ1n) is 4.02. The summed E-state index contributed by atoms with van der Waals surface area (Å²) in [7, 11) is 1.97. The van der Waals surface area contributed by atoms with Gasteiger partial charge in [0.15, 0.2) is 6.86 Å². The first-order chi connectivity index (χ1) is 6.72. The van der Waals surface area contributed by atoms with Crippen molar-refractivity contribution in [1.82, 2.24) is 0 Å². The molecule has 0 radical (unpaired) electrons. The second-order valence-corrected chi connectivity index (χ2v) is 1.89. The Morgan fingerprint density at radius 1 is 1.36 bits per heavy atom. The number of hydrogen-bond donors (Lipinski definition) is 2. The lowest BCUT2D eigenvalue weighted by atomic mass is 10.4. The zero-order valence-corrected chi connectivity index (χ0v) is 8.87. The predicted octanol–water partition coefficient (Wildman–Crippen LogP) is 0.522. The Kier molecular flexibility index (Phi) is 31.7. The molecule has 0 aromatic carbocycles. The van der Waals surface area contributed by atoms with Crippen LogP contribution < -0.4 is 0 Å². The molecule has 0 aromatic heterocycles. The lowest BCUT2D eigenvalue weighted by Crippen LogP contribution is -2.17. The lowest BCUT2D eigenvalue weighted by Gasteiger charge is -2.01. The average molecular weight is 218 g/mol. The third-order valence-electron chi connectivity index (χ3n) is 0.851. The van der Waals surface area contributed by atoms with E-state index in [-0.39, 0.29) is 13.2 Å². The van der Waals surface area contributed by atoms with E-state index in [1.54, 1.807) is 6.92 Å². The van der Waals surface area contributed by atoms with Gasteiger partial charge in [-0.1, -0.05) is 0 Å². The fraction of sp³-hybridized carbons (Fsp3) is 1.00. The zero-order chi connectivity index (χ0) is 11.8. The zero-order valence-electron chi connectivity index (χ0n) is 8.87. The van der Waals surface area contributed by atoms with E-state index in [2.05, 4.69) is 9.47 Å². The molecule has 0 bridgehead atoms. The van der Waals surface area contributed by atoms with Crippen LogP contribution >= 0.6 is 0 Å². The maximum atomic E-state index is 10.8. The average Bonchev–Trinajstić information content (AvgIpc) is 2.23. The van der Waals surface area contributed by atoms with Crippen LogP contribution in [0.25, 0.3) is 0 Å². The molecule has 1 unspecified atom stereocenters. The van der Waals surface area contributed by atoms with Gasteiger partial charge in [-0.05, 0) is 6.92 Å². The summed E-state index contributed by atoms with van der Waals surface area (Å²) in [5.74, 6) is 0. The van der Waals surface area contributed by atoms with Gasteiger partial charge in [-0.3, -0.25) is 4.39 Å². The number of rotatable bonds is 5. The van der Waals surface area contributed by atoms with Crippen LogP contribution in [0.2, 0.25) is 0 Å². The maximum absolute atomic E-state index is 10.8. The summed E-state index contributed by atoms with van der Waals surface area (Å²) in [5, 5.41) is 16.6. The van der Waals surface area contributed by atoms with Crippen molar-refractivity contribution in [2.24, 2.45) is 0 Å². The van der Waals surface area contributed by atoms with E-state index >= 15 is 0 Å². The fourth-order valence-corrected chi connectivity index (χ4v) is 0.322. The quantitative estimate of drug-likeness (QED) is 0.706. The van der Waals surface area contributed by atoms with Gasteiger partial charge in [-0.15, -0.1) is 0 Å². The van der Waals surface area contributed by atoms with E-state index in [4.69, 9.17) is 10.2 Å². The largest absolute Gasteiger partial charge is 0.394 e. The Bertz CT molecular complexity index is 74.4. The highest BCUT2D eigenvalue weighted by Crippen LogP contribution is 1.77. The molecule has 1 atom stereocenters. The third kappa shape index (κ3) is 29.8. The summed E-state index contributed by atoms with van der Waals surface area (Å²) in [4.78, 5) is 0. The normalized spacial score (nSPS) is 10.5. The Hall–Kier alpha value is -0.300. The van der Waals surface area contributed by atoms with E-state index in [0.29, 0.717) is 13.8 Å². The maximum Gasteiger partial charge on any atom is 0.188 e. The topological polar surface area (TPSA) is 58.9 Å². The van der Waals surface area contributed by atoms with Gasteiger partial charge in [0.05, 0.1) is 20.4 Å². The van der Waals surface area contributed by atoms with Gasteiger partial charge < -0.3 is 19.7 Å². The van der Waals surface area contributed by atoms with Crippen LogP contribution in [0.1, 0.15) is 6.92 Å². The van der Waals surface area contributed by atoms with Crippen LogP contribution in [0.4, 0.5) is 8.78 Å². The van der Waals surface area contributed by atoms with Gasteiger partial charge >= 0.3 is 0 Å². The summed E-state index contributed by atoms with van der Waals surface area (Å²) in [6.45, 7) is 1.54. The summed E-state index contributed by atoms with van der Waals surface area (Å²) < 4.78 is 28.9. The molecular weight excluding hydrogens is 198 g/mol. The second kappa shape index (κ2) is 23.0. The van der Waals surface area contributed by atoms with Crippen molar-refractivity contribution in [3.05, 3.63) is 0 Å². The minimum Gasteiger partial charge on any atom is -0.394 e. The van der Waals surface area contributed by atoms with Crippen LogP contribution in [0.3, 0.4) is 0 Å². The molecule has 0 saturated heterocycles. The lowest BCUT2D eigenvalue weighted by molar-refractivity contribution is 0.0254. The highest BCUT2D eigenvalue weighted by molar-refractivity contribution is 4.46. The van der Waals surface area contributed by atoms with E-state index < -0.39 is 13.0 Å². The summed E-state index contributed by atoms with van der Waals surface area (Å²) in [6.07, 6.45) is -0.718. The van der Waals surface area contributed by atoms with Crippen molar-refractivity contribution in [3.8, 4) is 0 Å². The third-order valence-corrected chi connectivity index (χ3v) is 0.851. The summed E-state index contributed by atoms with van der Waals surface area (Å²) in [6, 6.07) is 0. The van der Waals surface area contributed by atoms with Gasteiger partial charge in [0.2, 0.25) is 0 Å². The highest BCUT2D eigenvalue weighted by Gasteiger charge is 1.96. The first kappa shape index (κ1) is 19.3. The van der Waals surface area contributed by atoms with Crippen molar-refractivity contribution in [2.45, 2.75) is 13.0 Å². The number of aliphatic hydroxyl groups excluding tert-OH is 2. The van der Waals surface area contributed by atoms with Crippen LogP contribution in [0.5, 0.6) is 0 Å². The smallest absolute Gasteiger partial charge is 0.188 e. The molecule has 0 aliphatic heterocycles.